The van der Waals surface area contributed by atoms with Crippen molar-refractivity contribution < 1.29 is 18.0 Å². The number of hydrogen-bond acceptors (Lipinski definition) is 3. The number of para-hydroxylation sites is 1. The predicted octanol–water partition coefficient (Wildman–Crippen LogP) is 5.24. The third kappa shape index (κ3) is 4.19. The first-order chi connectivity index (χ1) is 12.3. The zero-order valence-corrected chi connectivity index (χ0v) is 14.6. The Labute approximate surface area is 153 Å². The Bertz CT molecular complexity index is 824. The van der Waals surface area contributed by atoms with Gasteiger partial charge in [0.05, 0.1) is 17.8 Å². The van der Waals surface area contributed by atoms with Gasteiger partial charge in [-0.25, -0.2) is 9.69 Å². The van der Waals surface area contributed by atoms with Crippen molar-refractivity contribution in [1.82, 2.24) is 0 Å². The number of aliphatic imine (C=N–C) groups is 1. The fourth-order valence-corrected chi connectivity index (χ4v) is 3.37. The first kappa shape index (κ1) is 18.3. The number of hydrogen-bond donors (Lipinski definition) is 1. The van der Waals surface area contributed by atoms with Crippen LogP contribution in [0.4, 0.5) is 29.3 Å². The van der Waals surface area contributed by atoms with Gasteiger partial charge in [0.2, 0.25) is 0 Å². The number of urea groups is 1. The third-order valence-corrected chi connectivity index (χ3v) is 4.72. The summed E-state index contributed by atoms with van der Waals surface area (Å²) in [6, 6.07) is 12.8. The lowest BCUT2D eigenvalue weighted by molar-refractivity contribution is -0.137. The number of rotatable bonds is 2. The van der Waals surface area contributed by atoms with Gasteiger partial charge >= 0.3 is 12.2 Å². The lowest BCUT2D eigenvalue weighted by Crippen LogP contribution is -2.38. The molecule has 3 rings (SSSR count). The van der Waals surface area contributed by atoms with E-state index in [1.54, 1.807) is 30.3 Å². The Morgan fingerprint density at radius 3 is 2.54 bits per heavy atom. The van der Waals surface area contributed by atoms with Crippen molar-refractivity contribution in [3.8, 4) is 0 Å². The fraction of sp³-hybridized carbons (Fsp3) is 0.222. The summed E-state index contributed by atoms with van der Waals surface area (Å²) < 4.78 is 39.2. The highest BCUT2D eigenvalue weighted by atomic mass is 32.2. The van der Waals surface area contributed by atoms with Gasteiger partial charge in [0.1, 0.15) is 0 Å². The van der Waals surface area contributed by atoms with Crippen LogP contribution in [0.25, 0.3) is 0 Å². The van der Waals surface area contributed by atoms with Crippen LogP contribution >= 0.6 is 11.8 Å². The Morgan fingerprint density at radius 1 is 1.19 bits per heavy atom. The molecule has 2 aromatic carbocycles. The highest BCUT2D eigenvalue weighted by molar-refractivity contribution is 8.15. The maximum Gasteiger partial charge on any atom is 0.416 e. The van der Waals surface area contributed by atoms with E-state index >= 15 is 0 Å². The second-order valence-electron chi connectivity index (χ2n) is 5.73. The molecule has 1 aliphatic heterocycles. The lowest BCUT2D eigenvalue weighted by Gasteiger charge is -2.23. The SMILES string of the molecule is CC1CN=C(N(C(=O)Nc2ccccc2)c2cccc(C(F)(F)F)c2)S1. The predicted molar refractivity (Wildman–Crippen MR) is 98.7 cm³/mol. The van der Waals surface area contributed by atoms with E-state index in [1.165, 1.54) is 28.8 Å². The van der Waals surface area contributed by atoms with Crippen LogP contribution in [0.2, 0.25) is 0 Å². The molecule has 0 saturated heterocycles. The average molecular weight is 379 g/mol. The Morgan fingerprint density at radius 2 is 1.92 bits per heavy atom. The minimum atomic E-state index is -4.49. The molecule has 0 aliphatic carbocycles. The fourth-order valence-electron chi connectivity index (χ4n) is 2.42. The summed E-state index contributed by atoms with van der Waals surface area (Å²) >= 11 is 1.35. The van der Waals surface area contributed by atoms with Gasteiger partial charge in [0, 0.05) is 10.9 Å². The molecule has 8 heteroatoms. The summed E-state index contributed by atoms with van der Waals surface area (Å²) in [6.45, 7) is 2.45. The number of halogens is 3. The van der Waals surface area contributed by atoms with Gasteiger partial charge < -0.3 is 5.32 Å². The lowest BCUT2D eigenvalue weighted by atomic mass is 10.2. The van der Waals surface area contributed by atoms with Crippen LogP contribution < -0.4 is 10.2 Å². The van der Waals surface area contributed by atoms with Crippen molar-refractivity contribution in [2.75, 3.05) is 16.8 Å². The highest BCUT2D eigenvalue weighted by Crippen LogP contribution is 2.34. The van der Waals surface area contributed by atoms with Crippen LogP contribution in [0.1, 0.15) is 12.5 Å². The number of nitrogens with one attached hydrogen (secondary N) is 1. The van der Waals surface area contributed by atoms with E-state index in [9.17, 15) is 18.0 Å². The average Bonchev–Trinajstić information content (AvgIpc) is 3.01. The molecule has 1 atom stereocenters. The number of carbonyl (C=O) groups is 1. The molecule has 0 spiro atoms. The molecule has 0 radical (unpaired) electrons. The van der Waals surface area contributed by atoms with Crippen molar-refractivity contribution >= 4 is 34.3 Å². The monoisotopic (exact) mass is 379 g/mol. The second kappa shape index (κ2) is 7.41. The molecule has 2 aromatic rings. The normalized spacial score (nSPS) is 16.9. The molecule has 0 aromatic heterocycles. The topological polar surface area (TPSA) is 44.7 Å². The minimum Gasteiger partial charge on any atom is -0.307 e. The molecule has 26 heavy (non-hydrogen) atoms. The van der Waals surface area contributed by atoms with Gasteiger partial charge in [-0.1, -0.05) is 43.0 Å². The van der Waals surface area contributed by atoms with E-state index in [2.05, 4.69) is 10.3 Å². The van der Waals surface area contributed by atoms with Crippen LogP contribution in [-0.4, -0.2) is 23.0 Å². The Hall–Kier alpha value is -2.48. The quantitative estimate of drug-likeness (QED) is 0.776. The van der Waals surface area contributed by atoms with E-state index in [0.717, 1.165) is 12.1 Å². The number of alkyl halides is 3. The van der Waals surface area contributed by atoms with E-state index < -0.39 is 17.8 Å². The highest BCUT2D eigenvalue weighted by Gasteiger charge is 2.33. The summed E-state index contributed by atoms with van der Waals surface area (Å²) in [4.78, 5) is 18.3. The molecule has 1 aliphatic rings. The van der Waals surface area contributed by atoms with E-state index in [0.29, 0.717) is 17.4 Å². The van der Waals surface area contributed by atoms with Gasteiger partial charge in [-0.05, 0) is 30.3 Å². The summed E-state index contributed by atoms with van der Waals surface area (Å²) in [6.07, 6.45) is -4.49. The first-order valence-corrected chi connectivity index (χ1v) is 8.77. The van der Waals surface area contributed by atoms with Crippen molar-refractivity contribution in [2.24, 2.45) is 4.99 Å². The van der Waals surface area contributed by atoms with E-state index in [4.69, 9.17) is 0 Å². The third-order valence-electron chi connectivity index (χ3n) is 3.64. The van der Waals surface area contributed by atoms with Crippen LogP contribution in [0.3, 0.4) is 0 Å². The zero-order valence-electron chi connectivity index (χ0n) is 13.8. The smallest absolute Gasteiger partial charge is 0.307 e. The molecular formula is C18H16F3N3OS. The number of amidine groups is 1. The van der Waals surface area contributed by atoms with Crippen LogP contribution in [-0.2, 0) is 6.18 Å². The molecule has 0 fully saturated rings. The molecule has 2 amide bonds. The standard InChI is InChI=1S/C18H16F3N3OS/c1-12-11-22-17(26-12)24(16(25)23-14-7-3-2-4-8-14)15-9-5-6-13(10-15)18(19,20)21/h2-10,12H,11H2,1H3,(H,23,25). The number of thioether (sulfide) groups is 1. The number of benzene rings is 2. The van der Waals surface area contributed by atoms with Crippen molar-refractivity contribution in [3.63, 3.8) is 0 Å². The van der Waals surface area contributed by atoms with Gasteiger partial charge in [0.15, 0.2) is 5.17 Å². The van der Waals surface area contributed by atoms with Crippen LogP contribution in [0, 0.1) is 0 Å². The molecule has 0 saturated carbocycles. The number of carbonyl (C=O) groups excluding carboxylic acids is 1. The number of anilines is 2. The molecule has 1 N–H and O–H groups in total. The van der Waals surface area contributed by atoms with Gasteiger partial charge in [-0.3, -0.25) is 4.99 Å². The number of nitrogens with zero attached hydrogens (tertiary/aromatic N) is 2. The summed E-state index contributed by atoms with van der Waals surface area (Å²) in [7, 11) is 0. The molecule has 0 bridgehead atoms. The Kier molecular flexibility index (Phi) is 5.22. The van der Waals surface area contributed by atoms with E-state index in [-0.39, 0.29) is 10.9 Å². The molecule has 136 valence electrons. The van der Waals surface area contributed by atoms with Gasteiger partial charge in [0.25, 0.3) is 0 Å². The van der Waals surface area contributed by atoms with Crippen molar-refractivity contribution in [1.29, 1.82) is 0 Å². The van der Waals surface area contributed by atoms with Crippen LogP contribution in [0.15, 0.2) is 59.6 Å². The largest absolute Gasteiger partial charge is 0.416 e. The first-order valence-electron chi connectivity index (χ1n) is 7.89. The minimum absolute atomic E-state index is 0.119. The van der Waals surface area contributed by atoms with E-state index in [1.807, 2.05) is 6.92 Å². The maximum absolute atomic E-state index is 13.1. The molecule has 1 heterocycles. The van der Waals surface area contributed by atoms with Crippen LogP contribution in [0.5, 0.6) is 0 Å². The van der Waals surface area contributed by atoms with Gasteiger partial charge in [-0.15, -0.1) is 0 Å². The van der Waals surface area contributed by atoms with Crippen molar-refractivity contribution in [3.05, 3.63) is 60.2 Å². The molecular weight excluding hydrogens is 363 g/mol. The summed E-state index contributed by atoms with van der Waals surface area (Å²) in [5.41, 5.74) is -0.149. The van der Waals surface area contributed by atoms with Crippen molar-refractivity contribution in [2.45, 2.75) is 18.3 Å². The summed E-state index contributed by atoms with van der Waals surface area (Å²) in [5.74, 6) is 0. The maximum atomic E-state index is 13.1. The molecule has 1 unspecified atom stereocenters. The second-order valence-corrected chi connectivity index (χ2v) is 7.14. The molecule has 4 nitrogen and oxygen atoms in total. The Balaban J connectivity index is 1.95. The number of amides is 2. The van der Waals surface area contributed by atoms with Gasteiger partial charge in [-0.2, -0.15) is 13.2 Å². The zero-order chi connectivity index (χ0) is 18.7. The summed E-state index contributed by atoms with van der Waals surface area (Å²) in [5, 5.41) is 3.24.